The van der Waals surface area contributed by atoms with E-state index in [2.05, 4.69) is 15.1 Å². The van der Waals surface area contributed by atoms with E-state index in [-0.39, 0.29) is 10.8 Å². The molecule has 1 aromatic carbocycles. The van der Waals surface area contributed by atoms with Gasteiger partial charge in [-0.1, -0.05) is 31.3 Å². The molecule has 0 spiro atoms. The third-order valence-electron chi connectivity index (χ3n) is 4.10. The lowest BCUT2D eigenvalue weighted by Gasteiger charge is -2.08. The average molecular weight is 378 g/mol. The van der Waals surface area contributed by atoms with Crippen molar-refractivity contribution in [1.82, 2.24) is 19.6 Å². The highest BCUT2D eigenvalue weighted by Crippen LogP contribution is 2.36. The number of halogens is 3. The Morgan fingerprint density at radius 3 is 2.69 bits per heavy atom. The standard InChI is InChI=1S/C17H13F3N4OS/c1-8(2)15-14(9-3-4-10-12(5-9)26-16(25)22-10)11-6-13(17(18,19)20)21-7-24(11)23-15/h3-8H,1-2H3,(H,22,25). The summed E-state index contributed by atoms with van der Waals surface area (Å²) in [5.74, 6) is -0.0000914. The minimum atomic E-state index is -4.54. The molecule has 26 heavy (non-hydrogen) atoms. The molecule has 0 aliphatic carbocycles. The van der Waals surface area contributed by atoms with Crippen molar-refractivity contribution in [2.75, 3.05) is 0 Å². The van der Waals surface area contributed by atoms with Crippen LogP contribution in [0.1, 0.15) is 31.2 Å². The van der Waals surface area contributed by atoms with Crippen LogP contribution in [0.3, 0.4) is 0 Å². The maximum atomic E-state index is 13.1. The van der Waals surface area contributed by atoms with Crippen LogP contribution in [0.4, 0.5) is 13.2 Å². The van der Waals surface area contributed by atoms with Crippen molar-refractivity contribution in [2.45, 2.75) is 25.9 Å². The molecule has 0 atom stereocenters. The van der Waals surface area contributed by atoms with E-state index in [4.69, 9.17) is 0 Å². The van der Waals surface area contributed by atoms with Gasteiger partial charge in [-0.3, -0.25) is 4.79 Å². The first kappa shape index (κ1) is 16.8. The molecule has 4 rings (SSSR count). The fraction of sp³-hybridized carbons (Fsp3) is 0.235. The minimum absolute atomic E-state index is 0.0000914. The predicted octanol–water partition coefficient (Wildman–Crippen LogP) is 4.44. The summed E-state index contributed by atoms with van der Waals surface area (Å²) < 4.78 is 41.4. The van der Waals surface area contributed by atoms with Crippen molar-refractivity contribution in [1.29, 1.82) is 0 Å². The zero-order valence-electron chi connectivity index (χ0n) is 13.8. The SMILES string of the molecule is CC(C)c1nn2cnc(C(F)(F)F)cc2c1-c1ccc2[nH]c(=O)sc2c1. The van der Waals surface area contributed by atoms with Crippen LogP contribution in [0.25, 0.3) is 26.9 Å². The molecule has 0 bridgehead atoms. The molecule has 0 aliphatic rings. The van der Waals surface area contributed by atoms with Gasteiger partial charge >= 0.3 is 11.0 Å². The number of hydrogen-bond donors (Lipinski definition) is 1. The molecule has 1 N–H and O–H groups in total. The summed E-state index contributed by atoms with van der Waals surface area (Å²) in [5, 5.41) is 4.42. The smallest absolute Gasteiger partial charge is 0.312 e. The van der Waals surface area contributed by atoms with Crippen LogP contribution < -0.4 is 4.87 Å². The maximum Gasteiger partial charge on any atom is 0.433 e. The number of aromatic nitrogens is 4. The highest BCUT2D eigenvalue weighted by molar-refractivity contribution is 7.16. The van der Waals surface area contributed by atoms with E-state index in [0.29, 0.717) is 27.9 Å². The van der Waals surface area contributed by atoms with Crippen molar-refractivity contribution >= 4 is 27.1 Å². The van der Waals surface area contributed by atoms with Crippen LogP contribution in [0.2, 0.25) is 0 Å². The third kappa shape index (κ3) is 2.68. The summed E-state index contributed by atoms with van der Waals surface area (Å²) in [6.45, 7) is 3.85. The highest BCUT2D eigenvalue weighted by Gasteiger charge is 2.33. The van der Waals surface area contributed by atoms with Gasteiger partial charge in [-0.25, -0.2) is 9.50 Å². The van der Waals surface area contributed by atoms with Crippen LogP contribution >= 0.6 is 11.3 Å². The Labute approximate surface area is 149 Å². The lowest BCUT2D eigenvalue weighted by molar-refractivity contribution is -0.141. The molecule has 0 saturated heterocycles. The topological polar surface area (TPSA) is 63.1 Å². The zero-order valence-corrected chi connectivity index (χ0v) is 14.6. The Hall–Kier alpha value is -2.68. The predicted molar refractivity (Wildman–Crippen MR) is 93.5 cm³/mol. The van der Waals surface area contributed by atoms with Gasteiger partial charge in [0, 0.05) is 5.56 Å². The van der Waals surface area contributed by atoms with Crippen molar-refractivity contribution in [3.63, 3.8) is 0 Å². The van der Waals surface area contributed by atoms with Crippen LogP contribution in [-0.2, 0) is 6.18 Å². The summed E-state index contributed by atoms with van der Waals surface area (Å²) in [7, 11) is 0. The van der Waals surface area contributed by atoms with E-state index < -0.39 is 11.9 Å². The molecule has 0 unspecified atom stereocenters. The van der Waals surface area contributed by atoms with Gasteiger partial charge in [0.2, 0.25) is 0 Å². The summed E-state index contributed by atoms with van der Waals surface area (Å²) in [4.78, 5) is 17.6. The second kappa shape index (κ2) is 5.66. The van der Waals surface area contributed by atoms with Crippen molar-refractivity contribution in [3.05, 3.63) is 51.6 Å². The molecule has 0 radical (unpaired) electrons. The first-order valence-corrected chi connectivity index (χ1v) is 8.64. The van der Waals surface area contributed by atoms with Crippen LogP contribution in [0, 0.1) is 0 Å². The molecule has 0 amide bonds. The number of aromatic amines is 1. The molecule has 9 heteroatoms. The summed E-state index contributed by atoms with van der Waals surface area (Å²) >= 11 is 1.06. The molecule has 0 aliphatic heterocycles. The van der Waals surface area contributed by atoms with Gasteiger partial charge in [0.15, 0.2) is 0 Å². The molecular formula is C17H13F3N4OS. The summed E-state index contributed by atoms with van der Waals surface area (Å²) in [6.07, 6.45) is -3.45. The molecule has 3 heterocycles. The fourth-order valence-corrected chi connectivity index (χ4v) is 3.71. The maximum absolute atomic E-state index is 13.1. The van der Waals surface area contributed by atoms with E-state index in [1.807, 2.05) is 13.8 Å². The number of thiazole rings is 1. The minimum Gasteiger partial charge on any atom is -0.312 e. The van der Waals surface area contributed by atoms with Crippen LogP contribution in [0.5, 0.6) is 0 Å². The van der Waals surface area contributed by atoms with Crippen LogP contribution in [0.15, 0.2) is 35.4 Å². The van der Waals surface area contributed by atoms with E-state index in [1.165, 1.54) is 4.52 Å². The Balaban J connectivity index is 2.03. The fourth-order valence-electron chi connectivity index (χ4n) is 2.93. The lowest BCUT2D eigenvalue weighted by Crippen LogP contribution is -2.08. The molecule has 134 valence electrons. The van der Waals surface area contributed by atoms with E-state index in [1.54, 1.807) is 18.2 Å². The number of H-pyrrole nitrogens is 1. The molecule has 3 aromatic heterocycles. The Bertz CT molecular complexity index is 1190. The first-order chi connectivity index (χ1) is 12.2. The van der Waals surface area contributed by atoms with Gasteiger partial charge in [-0.15, -0.1) is 0 Å². The highest BCUT2D eigenvalue weighted by atomic mass is 32.1. The summed E-state index contributed by atoms with van der Waals surface area (Å²) in [5.41, 5.74) is 2.07. The van der Waals surface area contributed by atoms with E-state index >= 15 is 0 Å². The van der Waals surface area contributed by atoms with Crippen molar-refractivity contribution in [3.8, 4) is 11.1 Å². The number of nitrogens with zero attached hydrogens (tertiary/aromatic N) is 3. The van der Waals surface area contributed by atoms with Gasteiger partial charge in [-0.05, 0) is 29.7 Å². The molecule has 5 nitrogen and oxygen atoms in total. The summed E-state index contributed by atoms with van der Waals surface area (Å²) in [6, 6.07) is 6.34. The van der Waals surface area contributed by atoms with Gasteiger partial charge in [-0.2, -0.15) is 18.3 Å². The Morgan fingerprint density at radius 1 is 1.23 bits per heavy atom. The number of benzene rings is 1. The number of hydrogen-bond acceptors (Lipinski definition) is 4. The largest absolute Gasteiger partial charge is 0.433 e. The third-order valence-corrected chi connectivity index (χ3v) is 4.95. The number of fused-ring (bicyclic) bond motifs is 2. The number of alkyl halides is 3. The molecule has 0 fully saturated rings. The van der Waals surface area contributed by atoms with E-state index in [0.717, 1.165) is 28.4 Å². The normalized spacial score (nSPS) is 12.5. The lowest BCUT2D eigenvalue weighted by atomic mass is 9.98. The number of rotatable bonds is 2. The molecule has 4 aromatic rings. The average Bonchev–Trinajstić information content (AvgIpc) is 3.11. The zero-order chi connectivity index (χ0) is 18.6. The van der Waals surface area contributed by atoms with Crippen molar-refractivity contribution in [2.24, 2.45) is 0 Å². The monoisotopic (exact) mass is 378 g/mol. The number of nitrogens with one attached hydrogen (secondary N) is 1. The van der Waals surface area contributed by atoms with Gasteiger partial charge in [0.05, 0.1) is 21.4 Å². The molecule has 0 saturated carbocycles. The van der Waals surface area contributed by atoms with Gasteiger partial charge < -0.3 is 4.98 Å². The van der Waals surface area contributed by atoms with E-state index in [9.17, 15) is 18.0 Å². The Morgan fingerprint density at radius 2 is 2.00 bits per heavy atom. The second-order valence-electron chi connectivity index (χ2n) is 6.24. The Kier molecular flexibility index (Phi) is 3.65. The van der Waals surface area contributed by atoms with Crippen molar-refractivity contribution < 1.29 is 13.2 Å². The second-order valence-corrected chi connectivity index (χ2v) is 7.26. The van der Waals surface area contributed by atoms with Crippen LogP contribution in [-0.4, -0.2) is 19.6 Å². The van der Waals surface area contributed by atoms with Gasteiger partial charge in [0.25, 0.3) is 0 Å². The quantitative estimate of drug-likeness (QED) is 0.561. The molecular weight excluding hydrogens is 365 g/mol. The first-order valence-electron chi connectivity index (χ1n) is 7.83. The van der Waals surface area contributed by atoms with Gasteiger partial charge in [0.1, 0.15) is 12.0 Å².